The van der Waals surface area contributed by atoms with Crippen LogP contribution in [-0.2, 0) is 9.84 Å². The third kappa shape index (κ3) is 3.63. The number of hydrogen-bond acceptors (Lipinski definition) is 4. The molecule has 0 saturated carbocycles. The third-order valence-electron chi connectivity index (χ3n) is 2.74. The predicted octanol–water partition coefficient (Wildman–Crippen LogP) is 2.17. The maximum atomic E-state index is 11.9. The van der Waals surface area contributed by atoms with Crippen molar-refractivity contribution < 1.29 is 13.2 Å². The maximum Gasteiger partial charge on any atom is 0.158 e. The highest BCUT2D eigenvalue weighted by Crippen LogP contribution is 2.21. The monoisotopic (exact) mass is 271 g/mol. The van der Waals surface area contributed by atoms with Gasteiger partial charge in [0.05, 0.1) is 10.5 Å². The molecule has 0 amide bonds. The lowest BCUT2D eigenvalue weighted by atomic mass is 10.2. The number of nitrogens with two attached hydrogens (primary N) is 1. The zero-order chi connectivity index (χ0) is 14.0. The Hall–Kier alpha value is -1.23. The summed E-state index contributed by atoms with van der Waals surface area (Å²) in [6.07, 6.45) is 0. The number of rotatable bonds is 4. The van der Waals surface area contributed by atoms with Crippen LogP contribution in [0, 0.1) is 6.92 Å². The van der Waals surface area contributed by atoms with E-state index in [-0.39, 0.29) is 12.4 Å². The molecule has 0 radical (unpaired) electrons. The van der Waals surface area contributed by atoms with Crippen LogP contribution >= 0.6 is 0 Å². The number of hydrogen-bond donors (Lipinski definition) is 1. The molecule has 0 aliphatic rings. The van der Waals surface area contributed by atoms with Crippen molar-refractivity contribution in [3.8, 4) is 5.75 Å². The largest absolute Gasteiger partial charge is 0.492 e. The number of ether oxygens (including phenoxy) is 1. The molecule has 0 bridgehead atoms. The Morgan fingerprint density at radius 2 is 1.89 bits per heavy atom. The van der Waals surface area contributed by atoms with Gasteiger partial charge in [-0.05, 0) is 51.5 Å². The number of benzene rings is 1. The van der Waals surface area contributed by atoms with E-state index in [9.17, 15) is 8.42 Å². The van der Waals surface area contributed by atoms with E-state index in [4.69, 9.17) is 10.5 Å². The summed E-state index contributed by atoms with van der Waals surface area (Å²) in [6, 6.07) is 5.29. The van der Waals surface area contributed by atoms with Gasteiger partial charge in [0, 0.05) is 5.69 Å². The van der Waals surface area contributed by atoms with Gasteiger partial charge in [0.2, 0.25) is 0 Å². The van der Waals surface area contributed by atoms with Crippen molar-refractivity contribution in [2.75, 3.05) is 18.1 Å². The summed E-state index contributed by atoms with van der Waals surface area (Å²) in [5.74, 6) is 0.689. The van der Waals surface area contributed by atoms with Crippen LogP contribution < -0.4 is 10.5 Å². The lowest BCUT2D eigenvalue weighted by Gasteiger charge is -2.19. The maximum absolute atomic E-state index is 11.9. The second-order valence-electron chi connectivity index (χ2n) is 5.30. The van der Waals surface area contributed by atoms with E-state index in [0.717, 1.165) is 5.56 Å². The van der Waals surface area contributed by atoms with Crippen LogP contribution in [0.2, 0.25) is 0 Å². The van der Waals surface area contributed by atoms with Gasteiger partial charge in [0.1, 0.15) is 12.4 Å². The molecule has 1 rings (SSSR count). The first kappa shape index (κ1) is 14.8. The van der Waals surface area contributed by atoms with Gasteiger partial charge >= 0.3 is 0 Å². The third-order valence-corrected chi connectivity index (χ3v) is 5.31. The average molecular weight is 271 g/mol. The van der Waals surface area contributed by atoms with Crippen molar-refractivity contribution in [1.82, 2.24) is 0 Å². The molecule has 0 atom stereocenters. The Labute approximate surface area is 109 Å². The first-order valence-corrected chi connectivity index (χ1v) is 7.50. The Morgan fingerprint density at radius 1 is 1.28 bits per heavy atom. The highest BCUT2D eigenvalue weighted by Gasteiger charge is 2.28. The fraction of sp³-hybridized carbons (Fsp3) is 0.538. The van der Waals surface area contributed by atoms with E-state index in [1.807, 2.05) is 6.92 Å². The van der Waals surface area contributed by atoms with E-state index in [2.05, 4.69) is 0 Å². The molecular formula is C13H21NO3S. The lowest BCUT2D eigenvalue weighted by molar-refractivity contribution is 0.337. The van der Waals surface area contributed by atoms with Crippen molar-refractivity contribution in [2.45, 2.75) is 32.4 Å². The van der Waals surface area contributed by atoms with Gasteiger partial charge in [-0.2, -0.15) is 0 Å². The molecule has 5 heteroatoms. The second-order valence-corrected chi connectivity index (χ2v) is 8.17. The molecule has 0 aliphatic heterocycles. The minimum Gasteiger partial charge on any atom is -0.492 e. The number of nitrogen functional groups attached to an aromatic ring is 1. The summed E-state index contributed by atoms with van der Waals surface area (Å²) in [7, 11) is -3.14. The van der Waals surface area contributed by atoms with Gasteiger partial charge in [-0.25, -0.2) is 8.42 Å². The van der Waals surface area contributed by atoms with E-state index in [1.165, 1.54) is 0 Å². The van der Waals surface area contributed by atoms with E-state index in [1.54, 1.807) is 39.0 Å². The zero-order valence-electron chi connectivity index (χ0n) is 11.4. The van der Waals surface area contributed by atoms with Crippen molar-refractivity contribution in [2.24, 2.45) is 0 Å². The van der Waals surface area contributed by atoms with Crippen LogP contribution in [0.25, 0.3) is 0 Å². The fourth-order valence-electron chi connectivity index (χ4n) is 1.40. The van der Waals surface area contributed by atoms with E-state index in [0.29, 0.717) is 11.4 Å². The molecule has 0 heterocycles. The number of anilines is 1. The van der Waals surface area contributed by atoms with Crippen molar-refractivity contribution >= 4 is 15.5 Å². The Kier molecular flexibility index (Phi) is 4.27. The summed E-state index contributed by atoms with van der Waals surface area (Å²) >= 11 is 0. The fourth-order valence-corrected chi connectivity index (χ4v) is 2.32. The molecule has 2 N–H and O–H groups in total. The zero-order valence-corrected chi connectivity index (χ0v) is 12.2. The molecule has 4 nitrogen and oxygen atoms in total. The first-order chi connectivity index (χ1) is 8.13. The molecule has 0 saturated heterocycles. The minimum absolute atomic E-state index is 0.0142. The smallest absolute Gasteiger partial charge is 0.158 e. The summed E-state index contributed by atoms with van der Waals surface area (Å²) in [5, 5.41) is 0. The van der Waals surface area contributed by atoms with Gasteiger partial charge in [0.25, 0.3) is 0 Å². The summed E-state index contributed by atoms with van der Waals surface area (Å²) in [4.78, 5) is 0. The Bertz CT molecular complexity index is 516. The van der Waals surface area contributed by atoms with Crippen molar-refractivity contribution in [3.63, 3.8) is 0 Å². The lowest BCUT2D eigenvalue weighted by Crippen LogP contribution is -2.32. The predicted molar refractivity (Wildman–Crippen MR) is 74.6 cm³/mol. The van der Waals surface area contributed by atoms with Crippen LogP contribution in [0.5, 0.6) is 5.75 Å². The number of sulfone groups is 1. The number of aryl methyl sites for hydroxylation is 1. The van der Waals surface area contributed by atoms with Gasteiger partial charge in [-0.1, -0.05) is 0 Å². The molecule has 0 aliphatic carbocycles. The van der Waals surface area contributed by atoms with Crippen LogP contribution in [0.3, 0.4) is 0 Å². The molecular weight excluding hydrogens is 250 g/mol. The topological polar surface area (TPSA) is 69.4 Å². The van der Waals surface area contributed by atoms with Gasteiger partial charge < -0.3 is 10.5 Å². The van der Waals surface area contributed by atoms with Crippen LogP contribution in [-0.4, -0.2) is 25.5 Å². The van der Waals surface area contributed by atoms with Crippen LogP contribution in [0.4, 0.5) is 5.69 Å². The van der Waals surface area contributed by atoms with Crippen molar-refractivity contribution in [3.05, 3.63) is 23.8 Å². The van der Waals surface area contributed by atoms with Crippen LogP contribution in [0.15, 0.2) is 18.2 Å². The molecule has 0 unspecified atom stereocenters. The van der Waals surface area contributed by atoms with Gasteiger partial charge in [-0.15, -0.1) is 0 Å². The summed E-state index contributed by atoms with van der Waals surface area (Å²) in [5.41, 5.74) is 7.21. The summed E-state index contributed by atoms with van der Waals surface area (Å²) in [6.45, 7) is 7.11. The molecule has 18 heavy (non-hydrogen) atoms. The van der Waals surface area contributed by atoms with Gasteiger partial charge in [0.15, 0.2) is 9.84 Å². The van der Waals surface area contributed by atoms with Gasteiger partial charge in [-0.3, -0.25) is 0 Å². The normalized spacial score (nSPS) is 12.4. The first-order valence-electron chi connectivity index (χ1n) is 5.85. The molecule has 1 aromatic rings. The molecule has 102 valence electrons. The second kappa shape index (κ2) is 5.18. The minimum atomic E-state index is -3.14. The quantitative estimate of drug-likeness (QED) is 0.852. The molecule has 0 fully saturated rings. The van der Waals surface area contributed by atoms with E-state index >= 15 is 0 Å². The highest BCUT2D eigenvalue weighted by atomic mass is 32.2. The summed E-state index contributed by atoms with van der Waals surface area (Å²) < 4.78 is 28.5. The van der Waals surface area contributed by atoms with Crippen molar-refractivity contribution in [1.29, 1.82) is 0 Å². The average Bonchev–Trinajstić information content (AvgIpc) is 2.19. The Morgan fingerprint density at radius 3 is 2.39 bits per heavy atom. The standard InChI is InChI=1S/C13H21NO3S/c1-10-9-11(14)5-6-12(10)17-7-8-18(15,16)13(2,3)4/h5-6,9H,7-8,14H2,1-4H3. The van der Waals surface area contributed by atoms with Crippen LogP contribution in [0.1, 0.15) is 26.3 Å². The highest BCUT2D eigenvalue weighted by molar-refractivity contribution is 7.92. The molecule has 0 spiro atoms. The molecule has 1 aromatic carbocycles. The van der Waals surface area contributed by atoms with E-state index < -0.39 is 14.6 Å². The Balaban J connectivity index is 2.63. The molecule has 0 aromatic heterocycles. The SMILES string of the molecule is Cc1cc(N)ccc1OCCS(=O)(=O)C(C)(C)C.